The first kappa shape index (κ1) is 9.23. The third-order valence-electron chi connectivity index (χ3n) is 3.91. The van der Waals surface area contributed by atoms with Crippen LogP contribution in [0.5, 0.6) is 0 Å². The van der Waals surface area contributed by atoms with E-state index >= 15 is 0 Å². The number of hydrogen-bond acceptors (Lipinski definition) is 1. The minimum absolute atomic E-state index is 0.392. The molecule has 1 nitrogen and oxygen atoms in total. The summed E-state index contributed by atoms with van der Waals surface area (Å²) in [7, 11) is 0. The summed E-state index contributed by atoms with van der Waals surface area (Å²) in [4.78, 5) is 11.0. The van der Waals surface area contributed by atoms with Gasteiger partial charge in [-0.15, -0.1) is 0 Å². The highest BCUT2D eigenvalue weighted by molar-refractivity contribution is 5.75. The lowest BCUT2D eigenvalue weighted by atomic mass is 9.82. The van der Waals surface area contributed by atoms with E-state index in [0.717, 1.165) is 24.2 Å². The summed E-state index contributed by atoms with van der Waals surface area (Å²) in [5.41, 5.74) is 0. The average molecular weight is 180 g/mol. The quantitative estimate of drug-likeness (QED) is 0.638. The normalized spacial score (nSPS) is 38.7. The molecule has 2 rings (SSSR count). The van der Waals surface area contributed by atoms with Gasteiger partial charge in [-0.2, -0.15) is 0 Å². The van der Waals surface area contributed by atoms with E-state index in [1.807, 2.05) is 0 Å². The zero-order valence-electron chi connectivity index (χ0n) is 8.59. The third kappa shape index (κ3) is 2.12. The van der Waals surface area contributed by atoms with Crippen molar-refractivity contribution in [1.82, 2.24) is 0 Å². The maximum absolute atomic E-state index is 11.0. The summed E-state index contributed by atoms with van der Waals surface area (Å²) >= 11 is 0. The molecule has 2 aliphatic carbocycles. The highest BCUT2D eigenvalue weighted by atomic mass is 16.1. The summed E-state index contributed by atoms with van der Waals surface area (Å²) in [6, 6.07) is 0. The maximum atomic E-state index is 11.0. The van der Waals surface area contributed by atoms with Crippen LogP contribution < -0.4 is 0 Å². The first-order chi connectivity index (χ1) is 6.25. The van der Waals surface area contributed by atoms with Crippen molar-refractivity contribution in [2.75, 3.05) is 0 Å². The minimum Gasteiger partial charge on any atom is -0.300 e. The van der Waals surface area contributed by atoms with Crippen molar-refractivity contribution in [2.45, 2.75) is 51.9 Å². The fourth-order valence-corrected chi connectivity index (χ4v) is 3.43. The number of carbonyl (C=O) groups is 1. The monoisotopic (exact) mass is 180 g/mol. The molecule has 0 N–H and O–H groups in total. The third-order valence-corrected chi connectivity index (χ3v) is 3.91. The van der Waals surface area contributed by atoms with Gasteiger partial charge in [0.2, 0.25) is 0 Å². The zero-order valence-corrected chi connectivity index (χ0v) is 8.59. The molecule has 0 aromatic rings. The predicted octanol–water partition coefficient (Wildman–Crippen LogP) is 3.18. The van der Waals surface area contributed by atoms with Crippen LogP contribution in [0.2, 0.25) is 0 Å². The minimum atomic E-state index is 0.392. The molecule has 1 heteroatoms. The van der Waals surface area contributed by atoms with Crippen LogP contribution in [0.4, 0.5) is 0 Å². The second-order valence-corrected chi connectivity index (χ2v) is 5.05. The van der Waals surface area contributed by atoms with E-state index < -0.39 is 0 Å². The molecule has 0 heterocycles. The van der Waals surface area contributed by atoms with E-state index in [2.05, 4.69) is 0 Å². The number of ketones is 1. The lowest BCUT2D eigenvalue weighted by Crippen LogP contribution is -2.12. The lowest BCUT2D eigenvalue weighted by molar-refractivity contribution is -0.117. The summed E-state index contributed by atoms with van der Waals surface area (Å²) in [5, 5.41) is 0. The molecule has 74 valence electrons. The molecule has 0 saturated heterocycles. The molecule has 2 atom stereocenters. The molecule has 2 saturated carbocycles. The Balaban J connectivity index is 1.87. The van der Waals surface area contributed by atoms with Crippen molar-refractivity contribution in [3.63, 3.8) is 0 Å². The Kier molecular flexibility index (Phi) is 2.71. The van der Waals surface area contributed by atoms with Gasteiger partial charge in [0.25, 0.3) is 0 Å². The number of rotatable bonds is 2. The molecule has 0 spiro atoms. The smallest absolute Gasteiger partial charge is 0.130 e. The Hall–Kier alpha value is -0.330. The number of carbonyl (C=O) groups excluding carboxylic acids is 1. The topological polar surface area (TPSA) is 17.1 Å². The van der Waals surface area contributed by atoms with E-state index in [9.17, 15) is 4.79 Å². The van der Waals surface area contributed by atoms with Crippen molar-refractivity contribution in [2.24, 2.45) is 17.8 Å². The van der Waals surface area contributed by atoms with Crippen LogP contribution in [0.3, 0.4) is 0 Å². The Morgan fingerprint density at radius 2 is 1.69 bits per heavy atom. The van der Waals surface area contributed by atoms with Gasteiger partial charge in [0, 0.05) is 6.42 Å². The van der Waals surface area contributed by atoms with Crippen molar-refractivity contribution in [3.8, 4) is 0 Å². The van der Waals surface area contributed by atoms with Crippen molar-refractivity contribution in [3.05, 3.63) is 0 Å². The van der Waals surface area contributed by atoms with Crippen molar-refractivity contribution < 1.29 is 4.79 Å². The van der Waals surface area contributed by atoms with E-state index in [4.69, 9.17) is 0 Å². The first-order valence-corrected chi connectivity index (χ1v) is 5.75. The van der Waals surface area contributed by atoms with E-state index in [0.29, 0.717) is 5.78 Å². The van der Waals surface area contributed by atoms with Gasteiger partial charge in [-0.1, -0.05) is 25.7 Å². The first-order valence-electron chi connectivity index (χ1n) is 5.75. The molecular weight excluding hydrogens is 160 g/mol. The van der Waals surface area contributed by atoms with Crippen LogP contribution >= 0.6 is 0 Å². The molecular formula is C12H20O. The van der Waals surface area contributed by atoms with Crippen LogP contribution in [-0.2, 0) is 4.79 Å². The second kappa shape index (κ2) is 3.81. The Morgan fingerprint density at radius 1 is 1.15 bits per heavy atom. The Morgan fingerprint density at radius 3 is 2.15 bits per heavy atom. The fourth-order valence-electron chi connectivity index (χ4n) is 3.43. The van der Waals surface area contributed by atoms with Gasteiger partial charge in [-0.05, 0) is 37.5 Å². The van der Waals surface area contributed by atoms with E-state index in [1.54, 1.807) is 6.92 Å². The van der Waals surface area contributed by atoms with Gasteiger partial charge >= 0.3 is 0 Å². The molecule has 0 amide bonds. The fraction of sp³-hybridized carbons (Fsp3) is 0.917. The van der Waals surface area contributed by atoms with Gasteiger partial charge in [0.15, 0.2) is 0 Å². The molecule has 0 radical (unpaired) electrons. The number of hydrogen-bond donors (Lipinski definition) is 0. The number of Topliss-reactive ketones (excluding diaryl/α,β-unsaturated/α-hetero) is 1. The highest BCUT2D eigenvalue weighted by Crippen LogP contribution is 2.46. The Labute approximate surface area is 80.9 Å². The van der Waals surface area contributed by atoms with Crippen LogP contribution in [0.1, 0.15) is 51.9 Å². The summed E-state index contributed by atoms with van der Waals surface area (Å²) in [6.45, 7) is 1.74. The van der Waals surface area contributed by atoms with Gasteiger partial charge in [0.1, 0.15) is 5.78 Å². The number of fused-ring (bicyclic) bond motifs is 1. The molecule has 0 aliphatic heterocycles. The molecule has 0 aromatic carbocycles. The van der Waals surface area contributed by atoms with Crippen LogP contribution in [0.25, 0.3) is 0 Å². The zero-order chi connectivity index (χ0) is 9.26. The maximum Gasteiger partial charge on any atom is 0.130 e. The van der Waals surface area contributed by atoms with Gasteiger partial charge in [0.05, 0.1) is 0 Å². The van der Waals surface area contributed by atoms with E-state index in [1.165, 1.54) is 38.5 Å². The standard InChI is InChI=1S/C12H20O/c1-9(13)6-10-7-11-4-2-3-5-12(11)8-10/h10-12H,2-8H2,1H3. The van der Waals surface area contributed by atoms with Crippen LogP contribution in [0.15, 0.2) is 0 Å². The van der Waals surface area contributed by atoms with E-state index in [-0.39, 0.29) is 0 Å². The molecule has 13 heavy (non-hydrogen) atoms. The molecule has 2 unspecified atom stereocenters. The van der Waals surface area contributed by atoms with Crippen molar-refractivity contribution in [1.29, 1.82) is 0 Å². The molecule has 0 aromatic heterocycles. The van der Waals surface area contributed by atoms with Crippen molar-refractivity contribution >= 4 is 5.78 Å². The SMILES string of the molecule is CC(=O)CC1CC2CCCCC2C1. The molecule has 2 fully saturated rings. The average Bonchev–Trinajstić information content (AvgIpc) is 2.44. The lowest BCUT2D eigenvalue weighted by Gasteiger charge is -2.24. The summed E-state index contributed by atoms with van der Waals surface area (Å²) < 4.78 is 0. The highest BCUT2D eigenvalue weighted by Gasteiger charge is 2.35. The predicted molar refractivity (Wildman–Crippen MR) is 53.5 cm³/mol. The molecule has 2 aliphatic rings. The second-order valence-electron chi connectivity index (χ2n) is 5.05. The van der Waals surface area contributed by atoms with Crippen LogP contribution in [0, 0.1) is 17.8 Å². The van der Waals surface area contributed by atoms with Gasteiger partial charge in [-0.3, -0.25) is 0 Å². The van der Waals surface area contributed by atoms with Crippen LogP contribution in [-0.4, -0.2) is 5.78 Å². The Bertz CT molecular complexity index is 183. The summed E-state index contributed by atoms with van der Waals surface area (Å²) in [6.07, 6.45) is 9.32. The van der Waals surface area contributed by atoms with Gasteiger partial charge in [-0.25, -0.2) is 0 Å². The largest absolute Gasteiger partial charge is 0.300 e. The molecule has 0 bridgehead atoms. The summed E-state index contributed by atoms with van der Waals surface area (Å²) in [5.74, 6) is 3.10. The van der Waals surface area contributed by atoms with Gasteiger partial charge < -0.3 is 4.79 Å².